The summed E-state index contributed by atoms with van der Waals surface area (Å²) in [5, 5.41) is 0. The van der Waals surface area contributed by atoms with Crippen molar-refractivity contribution in [2.75, 3.05) is 26.7 Å². The molecule has 2 fully saturated rings. The van der Waals surface area contributed by atoms with E-state index in [2.05, 4.69) is 12.1 Å². The molecule has 1 saturated heterocycles. The Hall–Kier alpha value is -1.84. The summed E-state index contributed by atoms with van der Waals surface area (Å²) in [6.45, 7) is 1.43. The molecule has 4 nitrogen and oxygen atoms in total. The molecule has 4 heteroatoms. The summed E-state index contributed by atoms with van der Waals surface area (Å²) < 4.78 is 0. The summed E-state index contributed by atoms with van der Waals surface area (Å²) in [5.41, 5.74) is 2.04. The topological polar surface area (TPSA) is 40.6 Å². The summed E-state index contributed by atoms with van der Waals surface area (Å²) in [6.07, 6.45) is 6.51. The van der Waals surface area contributed by atoms with Crippen LogP contribution in [0.5, 0.6) is 0 Å². The molecular formula is C18H24N2O2. The minimum Gasteiger partial charge on any atom is -0.342 e. The maximum absolute atomic E-state index is 12.5. The molecule has 1 saturated carbocycles. The lowest BCUT2D eigenvalue weighted by Gasteiger charge is -2.32. The molecule has 0 atom stereocenters. The van der Waals surface area contributed by atoms with Gasteiger partial charge in [0.05, 0.1) is 0 Å². The second-order valence-electron chi connectivity index (χ2n) is 6.50. The van der Waals surface area contributed by atoms with Gasteiger partial charge in [-0.1, -0.05) is 31.4 Å². The van der Waals surface area contributed by atoms with Gasteiger partial charge in [-0.05, 0) is 36.5 Å². The minimum absolute atomic E-state index is 0.0124. The Labute approximate surface area is 132 Å². The standard InChI is InChI=1S/C18H24N2O2/c1-19-11-12-20(13-17(19)21)18(22)16-9-7-15(8-10-16)14-5-3-2-4-6-14/h7-10,14H,2-6,11-13H2,1H3. The number of nitrogens with zero attached hydrogens (tertiary/aromatic N) is 2. The van der Waals surface area contributed by atoms with Gasteiger partial charge in [-0.25, -0.2) is 0 Å². The number of benzene rings is 1. The minimum atomic E-state index is -0.0309. The number of amides is 2. The third-order valence-electron chi connectivity index (χ3n) is 4.98. The fourth-order valence-corrected chi connectivity index (χ4v) is 3.45. The molecular weight excluding hydrogens is 276 g/mol. The molecule has 0 aromatic heterocycles. The Kier molecular flexibility index (Phi) is 4.46. The Bertz CT molecular complexity index is 547. The van der Waals surface area contributed by atoms with Crippen LogP contribution in [0.3, 0.4) is 0 Å². The molecule has 1 aromatic rings. The van der Waals surface area contributed by atoms with Crippen molar-refractivity contribution in [3.63, 3.8) is 0 Å². The normalized spacial score (nSPS) is 20.3. The predicted octanol–water partition coefficient (Wildman–Crippen LogP) is 2.65. The lowest BCUT2D eigenvalue weighted by molar-refractivity contribution is -0.133. The van der Waals surface area contributed by atoms with E-state index in [0.29, 0.717) is 24.6 Å². The zero-order valence-corrected chi connectivity index (χ0v) is 13.3. The second kappa shape index (κ2) is 6.51. The van der Waals surface area contributed by atoms with E-state index >= 15 is 0 Å². The highest BCUT2D eigenvalue weighted by atomic mass is 16.2. The SMILES string of the molecule is CN1CCN(C(=O)c2ccc(C3CCCCC3)cc2)CC1=O. The molecule has 22 heavy (non-hydrogen) atoms. The molecule has 3 rings (SSSR count). The molecule has 0 spiro atoms. The van der Waals surface area contributed by atoms with Gasteiger partial charge < -0.3 is 9.80 Å². The molecule has 0 N–H and O–H groups in total. The van der Waals surface area contributed by atoms with Gasteiger partial charge in [0.2, 0.25) is 5.91 Å². The number of rotatable bonds is 2. The molecule has 1 aromatic carbocycles. The number of carbonyl (C=O) groups is 2. The lowest BCUT2D eigenvalue weighted by Crippen LogP contribution is -2.50. The van der Waals surface area contributed by atoms with Crippen molar-refractivity contribution in [1.29, 1.82) is 0 Å². The zero-order valence-electron chi connectivity index (χ0n) is 13.3. The van der Waals surface area contributed by atoms with Crippen molar-refractivity contribution in [3.05, 3.63) is 35.4 Å². The van der Waals surface area contributed by atoms with Gasteiger partial charge in [0, 0.05) is 25.7 Å². The van der Waals surface area contributed by atoms with Crippen LogP contribution in [0.1, 0.15) is 53.9 Å². The van der Waals surface area contributed by atoms with Crippen LogP contribution in [0.2, 0.25) is 0 Å². The maximum atomic E-state index is 12.5. The Balaban J connectivity index is 1.67. The summed E-state index contributed by atoms with van der Waals surface area (Å²) >= 11 is 0. The van der Waals surface area contributed by atoms with Crippen molar-refractivity contribution in [2.45, 2.75) is 38.0 Å². The Morgan fingerprint density at radius 3 is 2.36 bits per heavy atom. The van der Waals surface area contributed by atoms with Crippen LogP contribution in [0.4, 0.5) is 0 Å². The molecule has 1 aliphatic heterocycles. The Morgan fingerprint density at radius 2 is 1.73 bits per heavy atom. The molecule has 0 radical (unpaired) electrons. The van der Waals surface area contributed by atoms with Crippen molar-refractivity contribution in [2.24, 2.45) is 0 Å². The van der Waals surface area contributed by atoms with Gasteiger partial charge >= 0.3 is 0 Å². The van der Waals surface area contributed by atoms with Crippen LogP contribution < -0.4 is 0 Å². The first-order chi connectivity index (χ1) is 10.6. The quantitative estimate of drug-likeness (QED) is 0.842. The van der Waals surface area contributed by atoms with Crippen LogP contribution >= 0.6 is 0 Å². The van der Waals surface area contributed by atoms with Crippen LogP contribution in [-0.2, 0) is 4.79 Å². The molecule has 2 amide bonds. The van der Waals surface area contributed by atoms with Gasteiger partial charge in [-0.15, -0.1) is 0 Å². The highest BCUT2D eigenvalue weighted by molar-refractivity contribution is 5.97. The number of carbonyl (C=O) groups excluding carboxylic acids is 2. The van der Waals surface area contributed by atoms with E-state index in [1.54, 1.807) is 16.8 Å². The summed E-state index contributed by atoms with van der Waals surface area (Å²) in [6, 6.07) is 8.05. The van der Waals surface area contributed by atoms with Crippen molar-refractivity contribution < 1.29 is 9.59 Å². The summed E-state index contributed by atoms with van der Waals surface area (Å²) in [5.74, 6) is 0.637. The summed E-state index contributed by atoms with van der Waals surface area (Å²) in [7, 11) is 1.78. The largest absolute Gasteiger partial charge is 0.342 e. The molecule has 2 aliphatic rings. The molecule has 118 valence electrons. The number of piperazine rings is 1. The van der Waals surface area contributed by atoms with E-state index in [1.165, 1.54) is 37.7 Å². The first-order valence-electron chi connectivity index (χ1n) is 8.28. The van der Waals surface area contributed by atoms with Crippen LogP contribution in [0.15, 0.2) is 24.3 Å². The van der Waals surface area contributed by atoms with Crippen molar-refractivity contribution >= 4 is 11.8 Å². The fourth-order valence-electron chi connectivity index (χ4n) is 3.45. The number of likely N-dealkylation sites (N-methyl/N-ethyl adjacent to an activating group) is 1. The van der Waals surface area contributed by atoms with Gasteiger partial charge in [0.25, 0.3) is 5.91 Å². The first-order valence-corrected chi connectivity index (χ1v) is 8.28. The summed E-state index contributed by atoms with van der Waals surface area (Å²) in [4.78, 5) is 27.6. The number of hydrogen-bond acceptors (Lipinski definition) is 2. The first kappa shape index (κ1) is 15.1. The molecule has 0 bridgehead atoms. The molecule has 0 unspecified atom stereocenters. The Morgan fingerprint density at radius 1 is 1.05 bits per heavy atom. The highest BCUT2D eigenvalue weighted by Crippen LogP contribution is 2.32. The maximum Gasteiger partial charge on any atom is 0.254 e. The van der Waals surface area contributed by atoms with Crippen molar-refractivity contribution in [3.8, 4) is 0 Å². The van der Waals surface area contributed by atoms with E-state index in [0.717, 1.165) is 0 Å². The smallest absolute Gasteiger partial charge is 0.254 e. The van der Waals surface area contributed by atoms with Gasteiger partial charge in [-0.2, -0.15) is 0 Å². The predicted molar refractivity (Wildman–Crippen MR) is 85.8 cm³/mol. The fraction of sp³-hybridized carbons (Fsp3) is 0.556. The lowest BCUT2D eigenvalue weighted by atomic mass is 9.84. The number of hydrogen-bond donors (Lipinski definition) is 0. The van der Waals surface area contributed by atoms with E-state index in [-0.39, 0.29) is 18.4 Å². The third kappa shape index (κ3) is 3.16. The molecule has 1 aliphatic carbocycles. The van der Waals surface area contributed by atoms with E-state index < -0.39 is 0 Å². The second-order valence-corrected chi connectivity index (χ2v) is 6.50. The van der Waals surface area contributed by atoms with Gasteiger partial charge in [0.1, 0.15) is 6.54 Å². The van der Waals surface area contributed by atoms with Crippen LogP contribution in [-0.4, -0.2) is 48.3 Å². The van der Waals surface area contributed by atoms with Gasteiger partial charge in [0.15, 0.2) is 0 Å². The van der Waals surface area contributed by atoms with Crippen LogP contribution in [0.25, 0.3) is 0 Å². The van der Waals surface area contributed by atoms with Crippen molar-refractivity contribution in [1.82, 2.24) is 9.80 Å². The highest BCUT2D eigenvalue weighted by Gasteiger charge is 2.25. The zero-order chi connectivity index (χ0) is 15.5. The van der Waals surface area contributed by atoms with E-state index in [4.69, 9.17) is 0 Å². The van der Waals surface area contributed by atoms with Crippen LogP contribution in [0, 0.1) is 0 Å². The van der Waals surface area contributed by atoms with Gasteiger partial charge in [-0.3, -0.25) is 9.59 Å². The third-order valence-corrected chi connectivity index (χ3v) is 4.98. The average molecular weight is 300 g/mol. The monoisotopic (exact) mass is 300 g/mol. The average Bonchev–Trinajstić information content (AvgIpc) is 2.58. The van der Waals surface area contributed by atoms with E-state index in [9.17, 15) is 9.59 Å². The van der Waals surface area contributed by atoms with E-state index in [1.807, 2.05) is 12.1 Å². The molecule has 1 heterocycles.